The fourth-order valence-corrected chi connectivity index (χ4v) is 4.61. The standard InChI is InChI=1S/C18H16N4O3S/c23-14-6-13-15(25-9-20-13)5-11(14)12-7-17(24)22-8-16(26-18(22)21-12)10-1-3-19-4-2-10/h5-10,19,23H,1-4H2. The molecular weight excluding hydrogens is 352 g/mol. The van der Waals surface area contributed by atoms with Crippen molar-refractivity contribution in [1.82, 2.24) is 19.7 Å². The number of fused-ring (bicyclic) bond motifs is 2. The summed E-state index contributed by atoms with van der Waals surface area (Å²) < 4.78 is 6.89. The van der Waals surface area contributed by atoms with Crippen LogP contribution in [0.5, 0.6) is 5.75 Å². The normalized spacial score (nSPS) is 15.8. The van der Waals surface area contributed by atoms with Crippen molar-refractivity contribution in [2.45, 2.75) is 18.8 Å². The highest BCUT2D eigenvalue weighted by Gasteiger charge is 2.19. The van der Waals surface area contributed by atoms with Gasteiger partial charge in [0.05, 0.1) is 5.69 Å². The Balaban J connectivity index is 1.64. The molecule has 1 saturated heterocycles. The van der Waals surface area contributed by atoms with Crippen molar-refractivity contribution in [3.05, 3.63) is 46.0 Å². The van der Waals surface area contributed by atoms with Crippen molar-refractivity contribution in [3.63, 3.8) is 0 Å². The van der Waals surface area contributed by atoms with Crippen LogP contribution in [-0.4, -0.2) is 32.6 Å². The van der Waals surface area contributed by atoms with Gasteiger partial charge in [-0.05, 0) is 37.9 Å². The minimum Gasteiger partial charge on any atom is -0.507 e. The van der Waals surface area contributed by atoms with Crippen LogP contribution >= 0.6 is 11.3 Å². The number of phenols is 1. The van der Waals surface area contributed by atoms with Crippen LogP contribution in [0.4, 0.5) is 0 Å². The van der Waals surface area contributed by atoms with E-state index in [-0.39, 0.29) is 11.3 Å². The minimum atomic E-state index is -0.154. The molecule has 26 heavy (non-hydrogen) atoms. The van der Waals surface area contributed by atoms with Gasteiger partial charge >= 0.3 is 0 Å². The summed E-state index contributed by atoms with van der Waals surface area (Å²) in [5.41, 5.74) is 1.85. The van der Waals surface area contributed by atoms with Crippen LogP contribution in [0, 0.1) is 0 Å². The first kappa shape index (κ1) is 15.5. The number of hydrogen-bond donors (Lipinski definition) is 2. The Kier molecular flexibility index (Phi) is 3.54. The van der Waals surface area contributed by atoms with E-state index < -0.39 is 0 Å². The van der Waals surface area contributed by atoms with E-state index in [1.807, 2.05) is 6.20 Å². The van der Waals surface area contributed by atoms with E-state index in [2.05, 4.69) is 15.3 Å². The number of aromatic hydroxyl groups is 1. The molecule has 2 N–H and O–H groups in total. The van der Waals surface area contributed by atoms with Gasteiger partial charge < -0.3 is 14.8 Å². The lowest BCUT2D eigenvalue weighted by atomic mass is 9.97. The molecule has 0 spiro atoms. The summed E-state index contributed by atoms with van der Waals surface area (Å²) >= 11 is 1.54. The molecule has 0 bridgehead atoms. The Hall–Kier alpha value is -2.71. The maximum atomic E-state index is 12.6. The van der Waals surface area contributed by atoms with Gasteiger partial charge in [0.25, 0.3) is 5.56 Å². The molecule has 0 saturated carbocycles. The number of aromatic nitrogens is 3. The Labute approximate surface area is 151 Å². The molecule has 0 aliphatic carbocycles. The molecule has 5 rings (SSSR count). The first-order chi connectivity index (χ1) is 12.7. The molecule has 1 fully saturated rings. The van der Waals surface area contributed by atoms with Crippen LogP contribution in [-0.2, 0) is 0 Å². The third kappa shape index (κ3) is 2.49. The van der Waals surface area contributed by atoms with Gasteiger partial charge in [0.15, 0.2) is 16.9 Å². The van der Waals surface area contributed by atoms with Gasteiger partial charge in [-0.25, -0.2) is 9.97 Å². The number of nitrogens with zero attached hydrogens (tertiary/aromatic N) is 3. The zero-order valence-electron chi connectivity index (χ0n) is 13.8. The molecule has 4 heterocycles. The van der Waals surface area contributed by atoms with E-state index in [0.29, 0.717) is 33.2 Å². The lowest BCUT2D eigenvalue weighted by molar-refractivity contribution is 0.464. The number of nitrogens with one attached hydrogen (secondary N) is 1. The number of hydrogen-bond acceptors (Lipinski definition) is 7. The second kappa shape index (κ2) is 5.93. The van der Waals surface area contributed by atoms with E-state index in [4.69, 9.17) is 4.42 Å². The first-order valence-electron chi connectivity index (χ1n) is 8.49. The van der Waals surface area contributed by atoms with E-state index in [9.17, 15) is 9.90 Å². The van der Waals surface area contributed by atoms with Crippen LogP contribution in [0.25, 0.3) is 27.3 Å². The number of piperidine rings is 1. The lowest BCUT2D eigenvalue weighted by Crippen LogP contribution is -2.26. The van der Waals surface area contributed by atoms with Crippen molar-refractivity contribution in [2.75, 3.05) is 13.1 Å². The maximum absolute atomic E-state index is 12.6. The molecule has 8 heteroatoms. The monoisotopic (exact) mass is 368 g/mol. The second-order valence-corrected chi connectivity index (χ2v) is 7.52. The molecule has 0 unspecified atom stereocenters. The number of rotatable bonds is 2. The molecule has 7 nitrogen and oxygen atoms in total. The fourth-order valence-electron chi connectivity index (χ4n) is 3.45. The second-order valence-electron chi connectivity index (χ2n) is 6.48. The quantitative estimate of drug-likeness (QED) is 0.565. The van der Waals surface area contributed by atoms with Crippen molar-refractivity contribution in [2.24, 2.45) is 0 Å². The van der Waals surface area contributed by atoms with Crippen molar-refractivity contribution < 1.29 is 9.52 Å². The minimum absolute atomic E-state index is 0.0257. The van der Waals surface area contributed by atoms with Crippen LogP contribution < -0.4 is 10.9 Å². The zero-order valence-corrected chi connectivity index (χ0v) is 14.6. The summed E-state index contributed by atoms with van der Waals surface area (Å²) in [6.45, 7) is 2.00. The van der Waals surface area contributed by atoms with Gasteiger partial charge in [-0.15, -0.1) is 11.3 Å². The summed E-state index contributed by atoms with van der Waals surface area (Å²) in [6, 6.07) is 4.63. The van der Waals surface area contributed by atoms with Crippen molar-refractivity contribution in [1.29, 1.82) is 0 Å². The van der Waals surface area contributed by atoms with E-state index in [1.165, 1.54) is 23.4 Å². The molecule has 132 valence electrons. The Bertz CT molecular complexity index is 1170. The highest BCUT2D eigenvalue weighted by atomic mass is 32.1. The summed E-state index contributed by atoms with van der Waals surface area (Å²) in [5.74, 6) is 0.488. The van der Waals surface area contributed by atoms with E-state index in [1.54, 1.807) is 21.8 Å². The predicted octanol–water partition coefficient (Wildman–Crippen LogP) is 2.74. The van der Waals surface area contributed by atoms with Gasteiger partial charge in [0, 0.05) is 28.8 Å². The highest BCUT2D eigenvalue weighted by molar-refractivity contribution is 7.17. The number of phenolic OH excluding ortho intramolecular Hbond substituents is 1. The average Bonchev–Trinajstić information content (AvgIpc) is 3.28. The van der Waals surface area contributed by atoms with Gasteiger partial charge in [-0.3, -0.25) is 9.20 Å². The third-order valence-electron chi connectivity index (χ3n) is 4.85. The number of thiazole rings is 1. The lowest BCUT2D eigenvalue weighted by Gasteiger charge is -2.20. The van der Waals surface area contributed by atoms with Crippen molar-refractivity contribution >= 4 is 27.4 Å². The van der Waals surface area contributed by atoms with Crippen LogP contribution in [0.15, 0.2) is 40.0 Å². The third-order valence-corrected chi connectivity index (χ3v) is 6.00. The SMILES string of the molecule is O=c1cc(-c2cc3ocnc3cc2O)nc2sc(C3CCNCC3)cn12. The topological polar surface area (TPSA) is 92.7 Å². The van der Waals surface area contributed by atoms with Crippen LogP contribution in [0.1, 0.15) is 23.6 Å². The summed E-state index contributed by atoms with van der Waals surface area (Å²) in [6.07, 6.45) is 5.37. The molecule has 1 aliphatic heterocycles. The zero-order chi connectivity index (χ0) is 17.7. The van der Waals surface area contributed by atoms with Gasteiger partial charge in [0.1, 0.15) is 11.3 Å². The van der Waals surface area contributed by atoms with Crippen LogP contribution in [0.2, 0.25) is 0 Å². The predicted molar refractivity (Wildman–Crippen MR) is 98.9 cm³/mol. The fraction of sp³-hybridized carbons (Fsp3) is 0.278. The average molecular weight is 368 g/mol. The Morgan fingerprint density at radius 3 is 2.96 bits per heavy atom. The first-order valence-corrected chi connectivity index (χ1v) is 9.31. The molecule has 0 radical (unpaired) electrons. The smallest absolute Gasteiger partial charge is 0.259 e. The van der Waals surface area contributed by atoms with E-state index in [0.717, 1.165) is 25.9 Å². The van der Waals surface area contributed by atoms with Gasteiger partial charge in [-0.1, -0.05) is 0 Å². The van der Waals surface area contributed by atoms with E-state index >= 15 is 0 Å². The Morgan fingerprint density at radius 2 is 2.12 bits per heavy atom. The highest BCUT2D eigenvalue weighted by Crippen LogP contribution is 2.34. The molecule has 1 aromatic carbocycles. The van der Waals surface area contributed by atoms with Crippen molar-refractivity contribution in [3.8, 4) is 17.0 Å². The molecule has 1 aliphatic rings. The summed E-state index contributed by atoms with van der Waals surface area (Å²) in [7, 11) is 0. The summed E-state index contributed by atoms with van der Waals surface area (Å²) in [4.78, 5) is 23.1. The van der Waals surface area contributed by atoms with Crippen LogP contribution in [0.3, 0.4) is 0 Å². The molecular formula is C18H16N4O3S. The largest absolute Gasteiger partial charge is 0.507 e. The molecule has 0 atom stereocenters. The van der Waals surface area contributed by atoms with Gasteiger partial charge in [0.2, 0.25) is 0 Å². The molecule has 4 aromatic rings. The summed E-state index contributed by atoms with van der Waals surface area (Å²) in [5, 5.41) is 13.7. The molecule has 0 amide bonds. The molecule has 3 aromatic heterocycles. The van der Waals surface area contributed by atoms with Gasteiger partial charge in [-0.2, -0.15) is 0 Å². The Morgan fingerprint density at radius 1 is 1.27 bits per heavy atom. The maximum Gasteiger partial charge on any atom is 0.259 e. The number of benzene rings is 1. The number of oxazole rings is 1.